The summed E-state index contributed by atoms with van der Waals surface area (Å²) < 4.78 is 6.13. The second-order valence-electron chi connectivity index (χ2n) is 6.71. The molecule has 4 aromatic carbocycles. The van der Waals surface area contributed by atoms with E-state index >= 15 is 0 Å². The lowest BCUT2D eigenvalue weighted by Gasteiger charge is -2.12. The first-order valence-corrected chi connectivity index (χ1v) is 9.34. The molecule has 0 fully saturated rings. The Labute approximate surface area is 165 Å². The van der Waals surface area contributed by atoms with Gasteiger partial charge in [-0.1, -0.05) is 78.4 Å². The van der Waals surface area contributed by atoms with Gasteiger partial charge in [0.1, 0.15) is 12.4 Å². The van der Waals surface area contributed by atoms with Crippen molar-refractivity contribution in [2.75, 3.05) is 5.43 Å². The maximum absolute atomic E-state index is 6.13. The fraction of sp³-hybridized carbons (Fsp3) is 0.0800. The van der Waals surface area contributed by atoms with Crippen LogP contribution in [0.2, 0.25) is 0 Å². The van der Waals surface area contributed by atoms with Crippen molar-refractivity contribution < 1.29 is 4.74 Å². The van der Waals surface area contributed by atoms with E-state index in [1.54, 1.807) is 0 Å². The summed E-state index contributed by atoms with van der Waals surface area (Å²) in [6, 6.07) is 30.7. The van der Waals surface area contributed by atoms with E-state index in [4.69, 9.17) is 4.74 Å². The normalized spacial score (nSPS) is 11.0. The highest BCUT2D eigenvalue weighted by atomic mass is 16.5. The van der Waals surface area contributed by atoms with Crippen LogP contribution in [0, 0.1) is 6.92 Å². The fourth-order valence-corrected chi connectivity index (χ4v) is 3.07. The second kappa shape index (κ2) is 8.40. The van der Waals surface area contributed by atoms with Crippen LogP contribution in [0.3, 0.4) is 0 Å². The molecular weight excluding hydrogens is 344 g/mol. The summed E-state index contributed by atoms with van der Waals surface area (Å²) in [5.74, 6) is 0.817. The molecule has 0 aliphatic heterocycles. The predicted molar refractivity (Wildman–Crippen MR) is 117 cm³/mol. The zero-order valence-electron chi connectivity index (χ0n) is 15.8. The summed E-state index contributed by atoms with van der Waals surface area (Å²) in [6.45, 7) is 2.59. The number of anilines is 1. The molecule has 1 N–H and O–H groups in total. The molecule has 0 aliphatic carbocycles. The molecule has 138 valence electrons. The lowest BCUT2D eigenvalue weighted by Crippen LogP contribution is -2.00. The van der Waals surface area contributed by atoms with E-state index in [2.05, 4.69) is 59.9 Å². The molecule has 0 unspecified atom stereocenters. The molecule has 0 saturated carbocycles. The molecule has 0 aromatic heterocycles. The molecule has 0 spiro atoms. The molecule has 0 atom stereocenters. The predicted octanol–water partition coefficient (Wildman–Crippen LogP) is 6.17. The van der Waals surface area contributed by atoms with Crippen LogP contribution in [0.1, 0.15) is 16.7 Å². The fourth-order valence-electron chi connectivity index (χ4n) is 3.07. The Morgan fingerprint density at radius 3 is 2.39 bits per heavy atom. The number of nitrogens with one attached hydrogen (secondary N) is 1. The summed E-state index contributed by atoms with van der Waals surface area (Å²) in [5, 5.41) is 6.72. The van der Waals surface area contributed by atoms with E-state index in [1.807, 2.05) is 54.7 Å². The minimum absolute atomic E-state index is 0.519. The Bertz CT molecular complexity index is 1090. The van der Waals surface area contributed by atoms with E-state index in [-0.39, 0.29) is 0 Å². The highest BCUT2D eigenvalue weighted by Gasteiger charge is 2.07. The van der Waals surface area contributed by atoms with Crippen LogP contribution in [0.4, 0.5) is 5.69 Å². The van der Waals surface area contributed by atoms with Gasteiger partial charge in [-0.2, -0.15) is 5.10 Å². The van der Waals surface area contributed by atoms with Gasteiger partial charge >= 0.3 is 0 Å². The van der Waals surface area contributed by atoms with Crippen molar-refractivity contribution in [3.8, 4) is 5.75 Å². The monoisotopic (exact) mass is 366 g/mol. The van der Waals surface area contributed by atoms with Gasteiger partial charge in [-0.25, -0.2) is 0 Å². The van der Waals surface area contributed by atoms with Gasteiger partial charge in [0.2, 0.25) is 0 Å². The largest absolute Gasteiger partial charge is 0.488 e. The Morgan fingerprint density at radius 2 is 1.57 bits per heavy atom. The lowest BCUT2D eigenvalue weighted by atomic mass is 10.0. The number of ether oxygens (including phenoxy) is 1. The molecule has 0 bridgehead atoms. The number of hydrazone groups is 1. The minimum Gasteiger partial charge on any atom is -0.488 e. The molecule has 0 amide bonds. The zero-order chi connectivity index (χ0) is 19.2. The highest BCUT2D eigenvalue weighted by molar-refractivity contribution is 6.02. The zero-order valence-corrected chi connectivity index (χ0v) is 15.8. The van der Waals surface area contributed by atoms with Crippen LogP contribution >= 0.6 is 0 Å². The van der Waals surface area contributed by atoms with Crippen LogP contribution < -0.4 is 10.2 Å². The lowest BCUT2D eigenvalue weighted by molar-refractivity contribution is 0.306. The second-order valence-corrected chi connectivity index (χ2v) is 6.71. The molecule has 0 radical (unpaired) electrons. The Hall–Kier alpha value is -3.59. The van der Waals surface area contributed by atoms with Gasteiger partial charge < -0.3 is 4.74 Å². The maximum atomic E-state index is 6.13. The average molecular weight is 366 g/mol. The van der Waals surface area contributed by atoms with Gasteiger partial charge in [-0.3, -0.25) is 5.43 Å². The maximum Gasteiger partial charge on any atom is 0.129 e. The molecule has 0 aliphatic rings. The van der Waals surface area contributed by atoms with Crippen molar-refractivity contribution >= 4 is 22.7 Å². The molecule has 28 heavy (non-hydrogen) atoms. The molecular formula is C25H22N2O. The van der Waals surface area contributed by atoms with Crippen LogP contribution in [0.15, 0.2) is 96.1 Å². The molecule has 4 aromatic rings. The SMILES string of the molecule is Cc1ccc(NN=Cc2c(OCc3ccccc3)ccc3ccccc23)cc1. The quantitative estimate of drug-likeness (QED) is 0.327. The smallest absolute Gasteiger partial charge is 0.129 e. The van der Waals surface area contributed by atoms with Gasteiger partial charge in [0.05, 0.1) is 11.9 Å². The molecule has 3 nitrogen and oxygen atoms in total. The van der Waals surface area contributed by atoms with Crippen molar-refractivity contribution in [1.82, 2.24) is 0 Å². The summed E-state index contributed by atoms with van der Waals surface area (Å²) in [7, 11) is 0. The van der Waals surface area contributed by atoms with Crippen LogP contribution in [0.5, 0.6) is 5.75 Å². The van der Waals surface area contributed by atoms with Crippen LogP contribution in [-0.2, 0) is 6.61 Å². The average Bonchev–Trinajstić information content (AvgIpc) is 2.75. The number of nitrogens with zero attached hydrogens (tertiary/aromatic N) is 1. The van der Waals surface area contributed by atoms with Crippen molar-refractivity contribution in [2.24, 2.45) is 5.10 Å². The first kappa shape index (κ1) is 17.8. The minimum atomic E-state index is 0.519. The number of rotatable bonds is 6. The Morgan fingerprint density at radius 1 is 0.821 bits per heavy atom. The third-order valence-corrected chi connectivity index (χ3v) is 4.61. The van der Waals surface area contributed by atoms with E-state index in [0.717, 1.165) is 33.3 Å². The van der Waals surface area contributed by atoms with Crippen molar-refractivity contribution in [3.63, 3.8) is 0 Å². The summed E-state index contributed by atoms with van der Waals surface area (Å²) in [5.41, 5.74) is 7.38. The van der Waals surface area contributed by atoms with Crippen molar-refractivity contribution in [1.29, 1.82) is 0 Å². The first-order chi connectivity index (χ1) is 13.8. The van der Waals surface area contributed by atoms with E-state index < -0.39 is 0 Å². The molecule has 0 saturated heterocycles. The van der Waals surface area contributed by atoms with Gasteiger partial charge in [0, 0.05) is 5.56 Å². The van der Waals surface area contributed by atoms with Crippen LogP contribution in [-0.4, -0.2) is 6.21 Å². The number of aryl methyl sites for hydroxylation is 1. The van der Waals surface area contributed by atoms with E-state index in [1.165, 1.54) is 5.56 Å². The third kappa shape index (κ3) is 4.21. The van der Waals surface area contributed by atoms with Crippen molar-refractivity contribution in [2.45, 2.75) is 13.5 Å². The number of hydrogen-bond donors (Lipinski definition) is 1. The summed E-state index contributed by atoms with van der Waals surface area (Å²) in [6.07, 6.45) is 1.84. The standard InChI is InChI=1S/C25H22N2O/c1-19-11-14-22(15-12-19)27-26-17-24-23-10-6-5-9-21(23)13-16-25(24)28-18-20-7-3-2-4-8-20/h2-17,27H,18H2,1H3. The van der Waals surface area contributed by atoms with Gasteiger partial charge in [-0.05, 0) is 41.5 Å². The molecule has 3 heteroatoms. The first-order valence-electron chi connectivity index (χ1n) is 9.34. The Kier molecular flexibility index (Phi) is 5.34. The van der Waals surface area contributed by atoms with Crippen molar-refractivity contribution in [3.05, 3.63) is 108 Å². The summed E-state index contributed by atoms with van der Waals surface area (Å²) in [4.78, 5) is 0. The third-order valence-electron chi connectivity index (χ3n) is 4.61. The highest BCUT2D eigenvalue weighted by Crippen LogP contribution is 2.27. The van der Waals surface area contributed by atoms with E-state index in [0.29, 0.717) is 6.61 Å². The summed E-state index contributed by atoms with van der Waals surface area (Å²) >= 11 is 0. The number of hydrogen-bond acceptors (Lipinski definition) is 3. The number of benzene rings is 4. The topological polar surface area (TPSA) is 33.6 Å². The van der Waals surface area contributed by atoms with Gasteiger partial charge in [-0.15, -0.1) is 0 Å². The van der Waals surface area contributed by atoms with Gasteiger partial charge in [0.15, 0.2) is 0 Å². The van der Waals surface area contributed by atoms with Gasteiger partial charge in [0.25, 0.3) is 0 Å². The molecule has 0 heterocycles. The number of fused-ring (bicyclic) bond motifs is 1. The van der Waals surface area contributed by atoms with E-state index in [9.17, 15) is 0 Å². The molecule has 4 rings (SSSR count). The Balaban J connectivity index is 1.61. The van der Waals surface area contributed by atoms with Crippen LogP contribution in [0.25, 0.3) is 10.8 Å².